The summed E-state index contributed by atoms with van der Waals surface area (Å²) in [5.41, 5.74) is -0.746. The Bertz CT molecular complexity index is 958. The molecule has 0 unspecified atom stereocenters. The zero-order chi connectivity index (χ0) is 20.3. The molecule has 0 radical (unpaired) electrons. The van der Waals surface area contributed by atoms with Gasteiger partial charge in [0.25, 0.3) is 11.1 Å². The second kappa shape index (κ2) is 7.89. The number of para-hydroxylation sites is 1. The summed E-state index contributed by atoms with van der Waals surface area (Å²) in [5.74, 6) is -1.57. The molecule has 3 rings (SSSR count). The summed E-state index contributed by atoms with van der Waals surface area (Å²) in [7, 11) is 0. The molecule has 1 saturated heterocycles. The van der Waals surface area contributed by atoms with Gasteiger partial charge in [-0.2, -0.15) is 13.2 Å². The van der Waals surface area contributed by atoms with E-state index in [1.165, 1.54) is 18.2 Å². The van der Waals surface area contributed by atoms with Crippen molar-refractivity contribution in [3.63, 3.8) is 0 Å². The Hall–Kier alpha value is -3.07. The highest BCUT2D eigenvalue weighted by atomic mass is 32.2. The van der Waals surface area contributed by atoms with E-state index in [0.717, 1.165) is 12.1 Å². The molecular weight excluding hydrogens is 393 g/mol. The van der Waals surface area contributed by atoms with Crippen molar-refractivity contribution in [1.82, 2.24) is 4.90 Å². The summed E-state index contributed by atoms with van der Waals surface area (Å²) >= 11 is 0.671. The zero-order valence-electron chi connectivity index (χ0n) is 14.2. The number of carbonyl (C=O) groups excluding carboxylic acids is 3. The largest absolute Gasteiger partial charge is 0.418 e. The van der Waals surface area contributed by atoms with Gasteiger partial charge in [-0.25, -0.2) is 0 Å². The average Bonchev–Trinajstić information content (AvgIpc) is 2.89. The average molecular weight is 406 g/mol. The quantitative estimate of drug-likeness (QED) is 0.766. The molecule has 0 saturated carbocycles. The third-order valence-electron chi connectivity index (χ3n) is 3.78. The van der Waals surface area contributed by atoms with E-state index in [0.29, 0.717) is 22.2 Å². The summed E-state index contributed by atoms with van der Waals surface area (Å²) in [6.07, 6.45) is -3.13. The second-order valence-corrected chi connectivity index (χ2v) is 6.76. The molecule has 0 atom stereocenters. The lowest BCUT2D eigenvalue weighted by Gasteiger charge is -2.15. The number of benzene rings is 2. The fraction of sp³-hybridized carbons (Fsp3) is 0.105. The van der Waals surface area contributed by atoms with Crippen molar-refractivity contribution in [1.29, 1.82) is 0 Å². The monoisotopic (exact) mass is 406 g/mol. The van der Waals surface area contributed by atoms with Gasteiger partial charge in [-0.3, -0.25) is 19.3 Å². The number of hydrogen-bond acceptors (Lipinski definition) is 4. The Balaban J connectivity index is 1.72. The lowest BCUT2D eigenvalue weighted by molar-refractivity contribution is -0.137. The Morgan fingerprint density at radius 3 is 2.36 bits per heavy atom. The van der Waals surface area contributed by atoms with Gasteiger partial charge in [0.1, 0.15) is 6.54 Å². The van der Waals surface area contributed by atoms with Crippen LogP contribution in [0.5, 0.6) is 0 Å². The van der Waals surface area contributed by atoms with Gasteiger partial charge in [-0.15, -0.1) is 0 Å². The minimum atomic E-state index is -4.65. The van der Waals surface area contributed by atoms with Crippen molar-refractivity contribution in [3.05, 3.63) is 70.6 Å². The van der Waals surface area contributed by atoms with E-state index in [4.69, 9.17) is 0 Å². The fourth-order valence-corrected chi connectivity index (χ4v) is 3.35. The van der Waals surface area contributed by atoms with Crippen molar-refractivity contribution in [2.45, 2.75) is 6.18 Å². The number of nitrogens with one attached hydrogen (secondary N) is 1. The van der Waals surface area contributed by atoms with Crippen LogP contribution in [-0.2, 0) is 15.8 Å². The van der Waals surface area contributed by atoms with E-state index in [9.17, 15) is 27.6 Å². The molecular formula is C19H13F3N2O3S. The predicted molar refractivity (Wildman–Crippen MR) is 99.2 cm³/mol. The van der Waals surface area contributed by atoms with Crippen LogP contribution in [-0.4, -0.2) is 28.5 Å². The second-order valence-electron chi connectivity index (χ2n) is 5.77. The molecule has 2 aromatic carbocycles. The molecule has 2 aromatic rings. The van der Waals surface area contributed by atoms with Crippen LogP contribution < -0.4 is 5.32 Å². The highest BCUT2D eigenvalue weighted by Gasteiger charge is 2.37. The number of thioether (sulfide) groups is 1. The van der Waals surface area contributed by atoms with Crippen molar-refractivity contribution in [2.75, 3.05) is 11.9 Å². The smallest absolute Gasteiger partial charge is 0.324 e. The van der Waals surface area contributed by atoms with Crippen LogP contribution in [0.3, 0.4) is 0 Å². The molecule has 0 spiro atoms. The van der Waals surface area contributed by atoms with E-state index in [-0.39, 0.29) is 4.91 Å². The van der Waals surface area contributed by atoms with Gasteiger partial charge in [0, 0.05) is 0 Å². The Labute approximate surface area is 162 Å². The van der Waals surface area contributed by atoms with Crippen molar-refractivity contribution >= 4 is 40.6 Å². The summed E-state index contributed by atoms with van der Waals surface area (Å²) in [6.45, 7) is -0.678. The van der Waals surface area contributed by atoms with E-state index in [2.05, 4.69) is 5.32 Å². The third kappa shape index (κ3) is 4.42. The molecule has 0 bridgehead atoms. The highest BCUT2D eigenvalue weighted by molar-refractivity contribution is 8.18. The lowest BCUT2D eigenvalue weighted by Crippen LogP contribution is -2.36. The van der Waals surface area contributed by atoms with Gasteiger partial charge in [-0.1, -0.05) is 42.5 Å². The van der Waals surface area contributed by atoms with Gasteiger partial charge in [0.2, 0.25) is 5.91 Å². The molecule has 5 nitrogen and oxygen atoms in total. The number of halogens is 3. The van der Waals surface area contributed by atoms with Crippen LogP contribution in [0, 0.1) is 0 Å². The molecule has 1 fully saturated rings. The molecule has 3 amide bonds. The van der Waals surface area contributed by atoms with Crippen LogP contribution in [0.1, 0.15) is 11.1 Å². The van der Waals surface area contributed by atoms with E-state index in [1.807, 2.05) is 0 Å². The standard InChI is InChI=1S/C19H13F3N2O3S/c20-19(21,22)13-8-4-5-9-14(13)23-16(25)11-24-17(26)15(28-18(24)27)10-12-6-2-1-3-7-12/h1-10H,11H2,(H,23,25)/b15-10-. The summed E-state index contributed by atoms with van der Waals surface area (Å²) in [5, 5.41) is 1.46. The predicted octanol–water partition coefficient (Wildman–Crippen LogP) is 4.38. The van der Waals surface area contributed by atoms with Crippen molar-refractivity contribution in [3.8, 4) is 0 Å². The summed E-state index contributed by atoms with van der Waals surface area (Å²) < 4.78 is 39.0. The number of rotatable bonds is 4. The molecule has 28 heavy (non-hydrogen) atoms. The number of carbonyl (C=O) groups is 3. The van der Waals surface area contributed by atoms with Crippen molar-refractivity contribution in [2.24, 2.45) is 0 Å². The van der Waals surface area contributed by atoms with Gasteiger partial charge >= 0.3 is 6.18 Å². The maximum Gasteiger partial charge on any atom is 0.418 e. The van der Waals surface area contributed by atoms with Gasteiger partial charge in [-0.05, 0) is 35.5 Å². The number of alkyl halides is 3. The topological polar surface area (TPSA) is 66.5 Å². The highest BCUT2D eigenvalue weighted by Crippen LogP contribution is 2.35. The summed E-state index contributed by atoms with van der Waals surface area (Å²) in [6, 6.07) is 13.3. The molecule has 0 aliphatic carbocycles. The van der Waals surface area contributed by atoms with Crippen LogP contribution in [0.4, 0.5) is 23.7 Å². The molecule has 0 aromatic heterocycles. The number of hydrogen-bond donors (Lipinski definition) is 1. The molecule has 144 valence electrons. The van der Waals surface area contributed by atoms with Crippen molar-refractivity contribution < 1.29 is 27.6 Å². The first-order chi connectivity index (χ1) is 13.3. The van der Waals surface area contributed by atoms with Gasteiger partial charge in [0.05, 0.1) is 16.2 Å². The molecule has 9 heteroatoms. The zero-order valence-corrected chi connectivity index (χ0v) is 15.0. The lowest BCUT2D eigenvalue weighted by atomic mass is 10.1. The van der Waals surface area contributed by atoms with Crippen LogP contribution >= 0.6 is 11.8 Å². The third-order valence-corrected chi connectivity index (χ3v) is 4.69. The maximum absolute atomic E-state index is 13.0. The van der Waals surface area contributed by atoms with Gasteiger partial charge in [0.15, 0.2) is 0 Å². The summed E-state index contributed by atoms with van der Waals surface area (Å²) in [4.78, 5) is 37.4. The first-order valence-corrected chi connectivity index (χ1v) is 8.84. The maximum atomic E-state index is 13.0. The van der Waals surface area contributed by atoms with E-state index in [1.54, 1.807) is 30.3 Å². The molecule has 1 aliphatic heterocycles. The SMILES string of the molecule is O=C(CN1C(=O)S/C(=C\c2ccccc2)C1=O)Nc1ccccc1C(F)(F)F. The van der Waals surface area contributed by atoms with Crippen LogP contribution in [0.15, 0.2) is 59.5 Å². The van der Waals surface area contributed by atoms with Crippen LogP contribution in [0.25, 0.3) is 6.08 Å². The first kappa shape index (κ1) is 19.7. The normalized spacial score (nSPS) is 16.0. The number of imide groups is 1. The fourth-order valence-electron chi connectivity index (χ4n) is 2.51. The molecule has 1 aliphatic rings. The van der Waals surface area contributed by atoms with Crippen LogP contribution in [0.2, 0.25) is 0 Å². The number of anilines is 1. The van der Waals surface area contributed by atoms with Gasteiger partial charge < -0.3 is 5.32 Å². The number of amides is 3. The number of nitrogens with zero attached hydrogens (tertiary/aromatic N) is 1. The molecule has 1 heterocycles. The Kier molecular flexibility index (Phi) is 5.55. The Morgan fingerprint density at radius 1 is 1.04 bits per heavy atom. The minimum Gasteiger partial charge on any atom is -0.324 e. The Morgan fingerprint density at radius 2 is 1.68 bits per heavy atom. The first-order valence-electron chi connectivity index (χ1n) is 8.02. The van der Waals surface area contributed by atoms with E-state index >= 15 is 0 Å². The minimum absolute atomic E-state index is 0.139. The van der Waals surface area contributed by atoms with E-state index < -0.39 is 41.0 Å². The molecule has 1 N–H and O–H groups in total.